The molecule has 0 heterocycles. The van der Waals surface area contributed by atoms with E-state index in [-0.39, 0.29) is 0 Å². The lowest BCUT2D eigenvalue weighted by atomic mass is 10.7. The molecule has 2 nitrogen and oxygen atoms in total. The van der Waals surface area contributed by atoms with Gasteiger partial charge in [0.1, 0.15) is 13.2 Å². The molecule has 0 N–H and O–H groups in total. The van der Waals surface area contributed by atoms with Crippen molar-refractivity contribution in [3.8, 4) is 0 Å². The maximum atomic E-state index is 4.99. The van der Waals surface area contributed by atoms with E-state index in [1.165, 1.54) is 0 Å². The number of hydrogen-bond acceptors (Lipinski definition) is 2. The monoisotopic (exact) mass is 142 g/mol. The molecule has 10 heavy (non-hydrogen) atoms. The zero-order chi connectivity index (χ0) is 7.66. The first-order valence-corrected chi connectivity index (χ1v) is 3.37. The number of allylic oxidation sites excluding steroid dienone is 2. The van der Waals surface area contributed by atoms with Crippen LogP contribution in [0.3, 0.4) is 0 Å². The van der Waals surface area contributed by atoms with Gasteiger partial charge in [-0.25, -0.2) is 0 Å². The Morgan fingerprint density at radius 3 is 1.60 bits per heavy atom. The summed E-state index contributed by atoms with van der Waals surface area (Å²) in [6.45, 7) is 5.03. The second-order valence-corrected chi connectivity index (χ2v) is 1.68. The zero-order valence-electron chi connectivity index (χ0n) is 6.54. The third kappa shape index (κ3) is 7.08. The van der Waals surface area contributed by atoms with Gasteiger partial charge < -0.3 is 9.47 Å². The topological polar surface area (TPSA) is 18.5 Å². The first-order valence-electron chi connectivity index (χ1n) is 3.37. The molecule has 0 saturated carbocycles. The van der Waals surface area contributed by atoms with Gasteiger partial charge in [0.05, 0.1) is 12.5 Å². The Balaban J connectivity index is 2.90. The van der Waals surface area contributed by atoms with E-state index in [4.69, 9.17) is 9.47 Å². The average Bonchev–Trinajstić information content (AvgIpc) is 1.97. The molecule has 0 aliphatic carbocycles. The van der Waals surface area contributed by atoms with E-state index in [0.29, 0.717) is 13.2 Å². The highest BCUT2D eigenvalue weighted by Crippen LogP contribution is 1.80. The van der Waals surface area contributed by atoms with Crippen molar-refractivity contribution in [1.29, 1.82) is 0 Å². The van der Waals surface area contributed by atoms with Crippen LogP contribution < -0.4 is 0 Å². The minimum Gasteiger partial charge on any atom is -0.498 e. The van der Waals surface area contributed by atoms with Gasteiger partial charge in [-0.2, -0.15) is 0 Å². The molecule has 0 unspecified atom stereocenters. The molecule has 58 valence electrons. The fourth-order valence-corrected chi connectivity index (χ4v) is 0.425. The molecule has 0 rings (SSSR count). The molecule has 0 saturated heterocycles. The summed E-state index contributed by atoms with van der Waals surface area (Å²) in [5.74, 6) is 0. The molecule has 0 bridgehead atoms. The van der Waals surface area contributed by atoms with Gasteiger partial charge in [-0.3, -0.25) is 0 Å². The second-order valence-electron chi connectivity index (χ2n) is 1.68. The Morgan fingerprint density at radius 2 is 1.30 bits per heavy atom. The maximum absolute atomic E-state index is 4.99. The summed E-state index contributed by atoms with van der Waals surface area (Å²) in [6, 6.07) is 0. The van der Waals surface area contributed by atoms with Crippen molar-refractivity contribution in [1.82, 2.24) is 0 Å². The molecule has 0 aliphatic rings. The van der Waals surface area contributed by atoms with Crippen molar-refractivity contribution < 1.29 is 9.47 Å². The van der Waals surface area contributed by atoms with Crippen LogP contribution in [0.5, 0.6) is 0 Å². The molecule has 0 atom stereocenters. The highest BCUT2D eigenvalue weighted by atomic mass is 16.5. The van der Waals surface area contributed by atoms with Crippen molar-refractivity contribution in [3.05, 3.63) is 24.7 Å². The van der Waals surface area contributed by atoms with Gasteiger partial charge in [0.15, 0.2) is 0 Å². The largest absolute Gasteiger partial charge is 0.498 e. The van der Waals surface area contributed by atoms with Gasteiger partial charge in [-0.15, -0.1) is 0 Å². The molecule has 0 amide bonds. The molecular weight excluding hydrogens is 128 g/mol. The minimum absolute atomic E-state index is 0.606. The van der Waals surface area contributed by atoms with E-state index >= 15 is 0 Å². The fraction of sp³-hybridized carbons (Fsp3) is 0.500. The molecule has 0 spiro atoms. The van der Waals surface area contributed by atoms with Crippen LogP contribution in [0.4, 0.5) is 0 Å². The molecule has 0 aromatic heterocycles. The first-order chi connectivity index (χ1) is 4.91. The lowest BCUT2D eigenvalue weighted by Gasteiger charge is -1.98. The summed E-state index contributed by atoms with van der Waals surface area (Å²) < 4.78 is 9.98. The quantitative estimate of drug-likeness (QED) is 0.432. The molecule has 0 aromatic carbocycles. The van der Waals surface area contributed by atoms with E-state index in [9.17, 15) is 0 Å². The van der Waals surface area contributed by atoms with Crippen LogP contribution in [0.25, 0.3) is 0 Å². The van der Waals surface area contributed by atoms with Crippen LogP contribution in [0.1, 0.15) is 13.8 Å². The maximum Gasteiger partial charge on any atom is 0.121 e. The van der Waals surface area contributed by atoms with Crippen LogP contribution in [-0.2, 0) is 9.47 Å². The summed E-state index contributed by atoms with van der Waals surface area (Å²) in [5.41, 5.74) is 0. The van der Waals surface area contributed by atoms with E-state index in [2.05, 4.69) is 0 Å². The van der Waals surface area contributed by atoms with E-state index in [0.717, 1.165) is 0 Å². The van der Waals surface area contributed by atoms with Crippen LogP contribution in [0, 0.1) is 0 Å². The summed E-state index contributed by atoms with van der Waals surface area (Å²) in [5, 5.41) is 0. The van der Waals surface area contributed by atoms with Crippen molar-refractivity contribution in [2.24, 2.45) is 0 Å². The van der Waals surface area contributed by atoms with E-state index < -0.39 is 0 Å². The van der Waals surface area contributed by atoms with E-state index in [1.54, 1.807) is 12.5 Å². The van der Waals surface area contributed by atoms with Crippen LogP contribution >= 0.6 is 0 Å². The summed E-state index contributed by atoms with van der Waals surface area (Å²) in [4.78, 5) is 0. The lowest BCUT2D eigenvalue weighted by Crippen LogP contribution is -1.95. The van der Waals surface area contributed by atoms with Gasteiger partial charge >= 0.3 is 0 Å². The highest BCUT2D eigenvalue weighted by molar-refractivity contribution is 4.66. The lowest BCUT2D eigenvalue weighted by molar-refractivity contribution is 0.149. The standard InChI is InChI=1S/C8H14O2/c1-3-5-9-7-8-10-6-4-2/h3-6H,7-8H2,1-2H3/b5-3+,6-4+. The Labute approximate surface area is 62.1 Å². The summed E-state index contributed by atoms with van der Waals surface area (Å²) in [7, 11) is 0. The van der Waals surface area contributed by atoms with Crippen molar-refractivity contribution in [3.63, 3.8) is 0 Å². The van der Waals surface area contributed by atoms with Crippen LogP contribution in [0.2, 0.25) is 0 Å². The van der Waals surface area contributed by atoms with Crippen molar-refractivity contribution in [2.75, 3.05) is 13.2 Å². The second kappa shape index (κ2) is 8.08. The predicted octanol–water partition coefficient (Wildman–Crippen LogP) is 2.09. The molecular formula is C8H14O2. The fourth-order valence-electron chi connectivity index (χ4n) is 0.425. The molecule has 0 radical (unpaired) electrons. The van der Waals surface area contributed by atoms with Gasteiger partial charge in [0, 0.05) is 0 Å². The van der Waals surface area contributed by atoms with Gasteiger partial charge in [0.25, 0.3) is 0 Å². The predicted molar refractivity (Wildman–Crippen MR) is 41.5 cm³/mol. The molecule has 0 aliphatic heterocycles. The zero-order valence-corrected chi connectivity index (χ0v) is 6.54. The third-order valence-corrected chi connectivity index (χ3v) is 0.784. The molecule has 0 aromatic rings. The van der Waals surface area contributed by atoms with Crippen LogP contribution in [-0.4, -0.2) is 13.2 Å². The average molecular weight is 142 g/mol. The van der Waals surface area contributed by atoms with Crippen LogP contribution in [0.15, 0.2) is 24.7 Å². The van der Waals surface area contributed by atoms with Gasteiger partial charge in [0.2, 0.25) is 0 Å². The summed E-state index contributed by atoms with van der Waals surface area (Å²) in [6.07, 6.45) is 6.99. The van der Waals surface area contributed by atoms with Gasteiger partial charge in [-0.1, -0.05) is 12.2 Å². The SMILES string of the molecule is C/C=C/OCCO/C=C/C. The third-order valence-electron chi connectivity index (χ3n) is 0.784. The first kappa shape index (κ1) is 9.08. The number of ether oxygens (including phenoxy) is 2. The van der Waals surface area contributed by atoms with E-state index in [1.807, 2.05) is 26.0 Å². The Hall–Kier alpha value is -0.920. The van der Waals surface area contributed by atoms with Crippen molar-refractivity contribution >= 4 is 0 Å². The molecule has 0 fully saturated rings. The Morgan fingerprint density at radius 1 is 0.900 bits per heavy atom. The minimum atomic E-state index is 0.606. The highest BCUT2D eigenvalue weighted by Gasteiger charge is 1.79. The normalized spacial score (nSPS) is 11.0. The van der Waals surface area contributed by atoms with Gasteiger partial charge in [-0.05, 0) is 13.8 Å². The Bertz CT molecular complexity index is 91.8. The smallest absolute Gasteiger partial charge is 0.121 e. The Kier molecular flexibility index (Phi) is 7.34. The molecule has 2 heteroatoms. The number of hydrogen-bond donors (Lipinski definition) is 0. The van der Waals surface area contributed by atoms with Crippen molar-refractivity contribution in [2.45, 2.75) is 13.8 Å². The number of rotatable bonds is 5. The summed E-state index contributed by atoms with van der Waals surface area (Å²) >= 11 is 0.